The van der Waals surface area contributed by atoms with Crippen molar-refractivity contribution in [3.05, 3.63) is 65.5 Å². The number of pyridine rings is 1. The van der Waals surface area contributed by atoms with Crippen molar-refractivity contribution in [2.75, 3.05) is 0 Å². The fraction of sp³-hybridized carbons (Fsp3) is 0.294. The van der Waals surface area contributed by atoms with Gasteiger partial charge in [-0.25, -0.2) is 0 Å². The highest BCUT2D eigenvalue weighted by Gasteiger charge is 2.19. The number of benzene rings is 1. The zero-order valence-electron chi connectivity index (χ0n) is 11.4. The van der Waals surface area contributed by atoms with E-state index in [1.807, 2.05) is 24.3 Å². The lowest BCUT2D eigenvalue weighted by atomic mass is 9.80. The first-order valence-electron chi connectivity index (χ1n) is 7.10. The number of aromatic nitrogens is 1. The van der Waals surface area contributed by atoms with Gasteiger partial charge in [0.25, 0.3) is 5.91 Å². The van der Waals surface area contributed by atoms with Crippen LogP contribution < -0.4 is 5.32 Å². The molecule has 0 atom stereocenters. The molecule has 2 aromatic rings. The molecule has 0 spiro atoms. The van der Waals surface area contributed by atoms with Crippen molar-refractivity contribution in [3.63, 3.8) is 0 Å². The summed E-state index contributed by atoms with van der Waals surface area (Å²) in [6, 6.07) is 11.8. The molecular weight excluding hydrogens is 248 g/mol. The van der Waals surface area contributed by atoms with Gasteiger partial charge in [-0.1, -0.05) is 24.6 Å². The summed E-state index contributed by atoms with van der Waals surface area (Å²) in [4.78, 5) is 16.1. The van der Waals surface area contributed by atoms with Gasteiger partial charge in [-0.05, 0) is 48.1 Å². The van der Waals surface area contributed by atoms with E-state index >= 15 is 0 Å². The van der Waals surface area contributed by atoms with Gasteiger partial charge in [-0.15, -0.1) is 0 Å². The van der Waals surface area contributed by atoms with E-state index < -0.39 is 0 Å². The molecule has 3 rings (SSSR count). The fourth-order valence-electron chi connectivity index (χ4n) is 2.44. The summed E-state index contributed by atoms with van der Waals surface area (Å²) in [5.74, 6) is 0.677. The van der Waals surface area contributed by atoms with E-state index in [4.69, 9.17) is 0 Å². The molecule has 3 heteroatoms. The first-order valence-corrected chi connectivity index (χ1v) is 7.10. The Morgan fingerprint density at radius 2 is 2.00 bits per heavy atom. The van der Waals surface area contributed by atoms with Crippen LogP contribution in [-0.2, 0) is 6.54 Å². The van der Waals surface area contributed by atoms with Crippen molar-refractivity contribution in [2.45, 2.75) is 31.7 Å². The summed E-state index contributed by atoms with van der Waals surface area (Å²) in [7, 11) is 0. The third kappa shape index (κ3) is 2.87. The predicted molar refractivity (Wildman–Crippen MR) is 78.4 cm³/mol. The molecule has 3 nitrogen and oxygen atoms in total. The third-order valence-electron chi connectivity index (χ3n) is 3.93. The summed E-state index contributed by atoms with van der Waals surface area (Å²) in [6.45, 7) is 0.511. The number of hydrogen-bond acceptors (Lipinski definition) is 2. The summed E-state index contributed by atoms with van der Waals surface area (Å²) in [5, 5.41) is 2.91. The average Bonchev–Trinajstić information content (AvgIpc) is 2.45. The number of carbonyl (C=O) groups excluding carboxylic acids is 1. The van der Waals surface area contributed by atoms with Crippen molar-refractivity contribution in [1.82, 2.24) is 10.3 Å². The van der Waals surface area contributed by atoms with E-state index in [0.717, 1.165) is 11.1 Å². The number of amides is 1. The quantitative estimate of drug-likeness (QED) is 0.922. The number of nitrogens with zero attached hydrogens (tertiary/aromatic N) is 1. The van der Waals surface area contributed by atoms with Gasteiger partial charge in [-0.2, -0.15) is 0 Å². The Bertz CT molecular complexity index is 574. The SMILES string of the molecule is O=C(NCc1cccnc1)c1ccc(C2CCC2)cc1. The molecule has 0 bridgehead atoms. The Morgan fingerprint density at radius 3 is 2.60 bits per heavy atom. The van der Waals surface area contributed by atoms with Crippen molar-refractivity contribution in [2.24, 2.45) is 0 Å². The van der Waals surface area contributed by atoms with Gasteiger partial charge in [-0.3, -0.25) is 9.78 Å². The summed E-state index contributed by atoms with van der Waals surface area (Å²) < 4.78 is 0. The highest BCUT2D eigenvalue weighted by Crippen LogP contribution is 2.36. The zero-order chi connectivity index (χ0) is 13.8. The van der Waals surface area contributed by atoms with Crippen molar-refractivity contribution < 1.29 is 4.79 Å². The molecule has 1 aliphatic carbocycles. The van der Waals surface area contributed by atoms with Crippen molar-refractivity contribution in [1.29, 1.82) is 0 Å². The Morgan fingerprint density at radius 1 is 1.20 bits per heavy atom. The van der Waals surface area contributed by atoms with Crippen LogP contribution in [0.4, 0.5) is 0 Å². The molecule has 0 unspecified atom stereocenters. The summed E-state index contributed by atoms with van der Waals surface area (Å²) in [6.07, 6.45) is 7.39. The van der Waals surface area contributed by atoms with E-state index in [1.54, 1.807) is 12.4 Å². The summed E-state index contributed by atoms with van der Waals surface area (Å²) >= 11 is 0. The molecular formula is C17H18N2O. The first kappa shape index (κ1) is 12.9. The summed E-state index contributed by atoms with van der Waals surface area (Å²) in [5.41, 5.74) is 3.09. The van der Waals surface area contributed by atoms with Crippen LogP contribution >= 0.6 is 0 Å². The molecule has 1 heterocycles. The van der Waals surface area contributed by atoms with Gasteiger partial charge in [0.15, 0.2) is 0 Å². The maximum Gasteiger partial charge on any atom is 0.251 e. The van der Waals surface area contributed by atoms with Gasteiger partial charge in [0, 0.05) is 24.5 Å². The molecule has 1 saturated carbocycles. The lowest BCUT2D eigenvalue weighted by Crippen LogP contribution is -2.22. The van der Waals surface area contributed by atoms with Crippen LogP contribution in [-0.4, -0.2) is 10.9 Å². The molecule has 1 aliphatic rings. The molecule has 0 radical (unpaired) electrons. The van der Waals surface area contributed by atoms with Gasteiger partial charge in [0.05, 0.1) is 0 Å². The topological polar surface area (TPSA) is 42.0 Å². The molecule has 1 aromatic carbocycles. The molecule has 1 amide bonds. The zero-order valence-corrected chi connectivity index (χ0v) is 11.4. The van der Waals surface area contributed by atoms with Crippen LogP contribution in [0.2, 0.25) is 0 Å². The standard InChI is InChI=1S/C17H18N2O/c20-17(19-12-13-3-2-10-18-11-13)16-8-6-15(7-9-16)14-4-1-5-14/h2-3,6-11,14H,1,4-5,12H2,(H,19,20). The highest BCUT2D eigenvalue weighted by atomic mass is 16.1. The smallest absolute Gasteiger partial charge is 0.251 e. The average molecular weight is 266 g/mol. The van der Waals surface area contributed by atoms with Crippen molar-refractivity contribution in [3.8, 4) is 0 Å². The predicted octanol–water partition coefficient (Wildman–Crippen LogP) is 3.28. The normalized spacial score (nSPS) is 14.6. The number of carbonyl (C=O) groups is 1. The largest absolute Gasteiger partial charge is 0.348 e. The van der Waals surface area contributed by atoms with Crippen LogP contribution in [0.3, 0.4) is 0 Å². The lowest BCUT2D eigenvalue weighted by molar-refractivity contribution is 0.0951. The van der Waals surface area contributed by atoms with Crippen LogP contribution in [0.15, 0.2) is 48.8 Å². The van der Waals surface area contributed by atoms with Crippen molar-refractivity contribution >= 4 is 5.91 Å². The highest BCUT2D eigenvalue weighted by molar-refractivity contribution is 5.94. The van der Waals surface area contributed by atoms with Gasteiger partial charge >= 0.3 is 0 Å². The maximum atomic E-state index is 12.1. The van der Waals surface area contributed by atoms with Crippen LogP contribution in [0, 0.1) is 0 Å². The minimum Gasteiger partial charge on any atom is -0.348 e. The van der Waals surface area contributed by atoms with Gasteiger partial charge in [0.1, 0.15) is 0 Å². The maximum absolute atomic E-state index is 12.1. The van der Waals surface area contributed by atoms with Crippen LogP contribution in [0.5, 0.6) is 0 Å². The molecule has 1 aromatic heterocycles. The molecule has 20 heavy (non-hydrogen) atoms. The second-order valence-electron chi connectivity index (χ2n) is 5.29. The third-order valence-corrected chi connectivity index (χ3v) is 3.93. The first-order chi connectivity index (χ1) is 9.83. The van der Waals surface area contributed by atoms with E-state index in [0.29, 0.717) is 12.5 Å². The Labute approximate surface area is 119 Å². The van der Waals surface area contributed by atoms with E-state index in [-0.39, 0.29) is 5.91 Å². The molecule has 1 fully saturated rings. The Hall–Kier alpha value is -2.16. The number of rotatable bonds is 4. The second-order valence-corrected chi connectivity index (χ2v) is 5.29. The molecule has 1 N–H and O–H groups in total. The van der Waals surface area contributed by atoms with Gasteiger partial charge < -0.3 is 5.32 Å². The molecule has 0 saturated heterocycles. The minimum absolute atomic E-state index is 0.0333. The lowest BCUT2D eigenvalue weighted by Gasteiger charge is -2.25. The van der Waals surface area contributed by atoms with E-state index in [9.17, 15) is 4.79 Å². The van der Waals surface area contributed by atoms with Crippen LogP contribution in [0.25, 0.3) is 0 Å². The fourth-order valence-corrected chi connectivity index (χ4v) is 2.44. The van der Waals surface area contributed by atoms with E-state index in [2.05, 4.69) is 22.4 Å². The Balaban J connectivity index is 1.59. The van der Waals surface area contributed by atoms with Crippen LogP contribution in [0.1, 0.15) is 46.7 Å². The monoisotopic (exact) mass is 266 g/mol. The molecule has 0 aliphatic heterocycles. The Kier molecular flexibility index (Phi) is 3.77. The number of nitrogens with one attached hydrogen (secondary N) is 1. The minimum atomic E-state index is -0.0333. The molecule has 102 valence electrons. The second kappa shape index (κ2) is 5.87. The number of hydrogen-bond donors (Lipinski definition) is 1. The van der Waals surface area contributed by atoms with E-state index in [1.165, 1.54) is 24.8 Å². The van der Waals surface area contributed by atoms with Gasteiger partial charge in [0.2, 0.25) is 0 Å².